The fourth-order valence-electron chi connectivity index (χ4n) is 2.79. The number of amides is 2. The van der Waals surface area contributed by atoms with Crippen LogP contribution >= 0.6 is 0 Å². The molecule has 1 heterocycles. The third-order valence-electron chi connectivity index (χ3n) is 4.21. The van der Waals surface area contributed by atoms with Gasteiger partial charge in [-0.1, -0.05) is 12.1 Å². The van der Waals surface area contributed by atoms with Gasteiger partial charge in [0.25, 0.3) is 11.5 Å². The Hall–Kier alpha value is -3.68. The maximum absolute atomic E-state index is 12.4. The molecule has 0 aliphatic rings. The number of H-pyrrole nitrogens is 1. The second-order valence-corrected chi connectivity index (χ2v) is 6.07. The van der Waals surface area contributed by atoms with Crippen LogP contribution in [-0.2, 0) is 11.2 Å². The van der Waals surface area contributed by atoms with E-state index in [9.17, 15) is 14.4 Å². The number of anilines is 1. The van der Waals surface area contributed by atoms with Gasteiger partial charge in [0.2, 0.25) is 5.91 Å². The zero-order valence-corrected chi connectivity index (χ0v) is 15.5. The molecule has 0 spiro atoms. The lowest BCUT2D eigenvalue weighted by atomic mass is 10.1. The molecule has 144 valence electrons. The first kappa shape index (κ1) is 19.1. The number of hydrogen-bond acceptors (Lipinski definition) is 5. The SMILES string of the molecule is CNC(=O)c1ccc(OC)c(NC(=O)CCc2nc3ccccc3c(=O)[nH]2)c1. The fraction of sp³-hybridized carbons (Fsp3) is 0.200. The minimum Gasteiger partial charge on any atom is -0.495 e. The van der Waals surface area contributed by atoms with E-state index < -0.39 is 0 Å². The average Bonchev–Trinajstić information content (AvgIpc) is 2.71. The zero-order chi connectivity index (χ0) is 20.1. The number of carbonyl (C=O) groups is 2. The lowest BCUT2D eigenvalue weighted by Crippen LogP contribution is -2.19. The van der Waals surface area contributed by atoms with Crippen molar-refractivity contribution in [1.29, 1.82) is 0 Å². The first-order valence-electron chi connectivity index (χ1n) is 8.69. The van der Waals surface area contributed by atoms with Crippen LogP contribution in [0.2, 0.25) is 0 Å². The van der Waals surface area contributed by atoms with Crippen LogP contribution in [0.1, 0.15) is 22.6 Å². The van der Waals surface area contributed by atoms with Crippen LogP contribution < -0.4 is 20.9 Å². The van der Waals surface area contributed by atoms with Gasteiger partial charge in [0, 0.05) is 25.5 Å². The Labute approximate surface area is 160 Å². The molecular weight excluding hydrogens is 360 g/mol. The zero-order valence-electron chi connectivity index (χ0n) is 15.5. The third-order valence-corrected chi connectivity index (χ3v) is 4.21. The predicted octanol–water partition coefficient (Wildman–Crippen LogP) is 1.86. The number of hydrogen-bond donors (Lipinski definition) is 3. The molecule has 0 bridgehead atoms. The fourth-order valence-corrected chi connectivity index (χ4v) is 2.79. The number of aryl methyl sites for hydroxylation is 1. The highest BCUT2D eigenvalue weighted by molar-refractivity contribution is 5.98. The van der Waals surface area contributed by atoms with Gasteiger partial charge in [-0.15, -0.1) is 0 Å². The van der Waals surface area contributed by atoms with Gasteiger partial charge in [0.05, 0.1) is 23.7 Å². The van der Waals surface area contributed by atoms with E-state index in [1.165, 1.54) is 14.2 Å². The molecule has 0 fully saturated rings. The van der Waals surface area contributed by atoms with E-state index >= 15 is 0 Å². The van der Waals surface area contributed by atoms with Gasteiger partial charge in [0.1, 0.15) is 11.6 Å². The molecule has 2 amide bonds. The van der Waals surface area contributed by atoms with Gasteiger partial charge in [-0.25, -0.2) is 4.98 Å². The number of aromatic nitrogens is 2. The van der Waals surface area contributed by atoms with Crippen LogP contribution in [0.15, 0.2) is 47.3 Å². The van der Waals surface area contributed by atoms with Crippen molar-refractivity contribution in [1.82, 2.24) is 15.3 Å². The normalized spacial score (nSPS) is 10.5. The van der Waals surface area contributed by atoms with Crippen LogP contribution in [0.4, 0.5) is 5.69 Å². The van der Waals surface area contributed by atoms with Crippen molar-refractivity contribution in [3.05, 3.63) is 64.2 Å². The maximum atomic E-state index is 12.4. The number of aromatic amines is 1. The van der Waals surface area contributed by atoms with Gasteiger partial charge in [-0.3, -0.25) is 14.4 Å². The number of fused-ring (bicyclic) bond motifs is 1. The van der Waals surface area contributed by atoms with E-state index in [1.807, 2.05) is 0 Å². The molecule has 0 aliphatic carbocycles. The van der Waals surface area contributed by atoms with E-state index in [2.05, 4.69) is 20.6 Å². The summed E-state index contributed by atoms with van der Waals surface area (Å²) in [6.45, 7) is 0. The Morgan fingerprint density at radius 1 is 1.18 bits per heavy atom. The molecule has 2 aromatic carbocycles. The Morgan fingerprint density at radius 3 is 2.71 bits per heavy atom. The Bertz CT molecular complexity index is 1090. The monoisotopic (exact) mass is 380 g/mol. The Kier molecular flexibility index (Phi) is 5.69. The number of rotatable bonds is 6. The van der Waals surface area contributed by atoms with Crippen LogP contribution in [0.3, 0.4) is 0 Å². The topological polar surface area (TPSA) is 113 Å². The Morgan fingerprint density at radius 2 is 1.96 bits per heavy atom. The molecule has 0 unspecified atom stereocenters. The van der Waals surface area contributed by atoms with Gasteiger partial charge in [-0.2, -0.15) is 0 Å². The number of methoxy groups -OCH3 is 1. The second-order valence-electron chi connectivity index (χ2n) is 6.07. The summed E-state index contributed by atoms with van der Waals surface area (Å²) in [6, 6.07) is 11.8. The molecule has 28 heavy (non-hydrogen) atoms. The largest absolute Gasteiger partial charge is 0.495 e. The summed E-state index contributed by atoms with van der Waals surface area (Å²) in [5.74, 6) is 0.322. The van der Waals surface area contributed by atoms with Crippen LogP contribution in [0, 0.1) is 0 Å². The molecule has 0 atom stereocenters. The smallest absolute Gasteiger partial charge is 0.258 e. The predicted molar refractivity (Wildman–Crippen MR) is 106 cm³/mol. The number of para-hydroxylation sites is 1. The lowest BCUT2D eigenvalue weighted by Gasteiger charge is -2.12. The molecule has 3 N–H and O–H groups in total. The van der Waals surface area contributed by atoms with Crippen molar-refractivity contribution in [2.24, 2.45) is 0 Å². The van der Waals surface area contributed by atoms with Crippen molar-refractivity contribution < 1.29 is 14.3 Å². The van der Waals surface area contributed by atoms with Crippen LogP contribution in [-0.4, -0.2) is 35.9 Å². The van der Waals surface area contributed by atoms with Crippen molar-refractivity contribution in [3.8, 4) is 5.75 Å². The van der Waals surface area contributed by atoms with E-state index in [0.717, 1.165) is 0 Å². The summed E-state index contributed by atoms with van der Waals surface area (Å²) >= 11 is 0. The first-order valence-corrected chi connectivity index (χ1v) is 8.69. The summed E-state index contributed by atoms with van der Waals surface area (Å²) < 4.78 is 5.24. The highest BCUT2D eigenvalue weighted by atomic mass is 16.5. The molecule has 0 radical (unpaired) electrons. The number of carbonyl (C=O) groups excluding carboxylic acids is 2. The standard InChI is InChI=1S/C20H20N4O4/c1-21-19(26)12-7-8-16(28-2)15(11-12)23-18(25)10-9-17-22-14-6-4-3-5-13(14)20(27)24-17/h3-8,11H,9-10H2,1-2H3,(H,21,26)(H,23,25)(H,22,24,27). The lowest BCUT2D eigenvalue weighted by molar-refractivity contribution is -0.116. The van der Waals surface area contributed by atoms with E-state index in [4.69, 9.17) is 4.74 Å². The molecule has 8 heteroatoms. The van der Waals surface area contributed by atoms with Gasteiger partial charge >= 0.3 is 0 Å². The summed E-state index contributed by atoms with van der Waals surface area (Å²) in [5.41, 5.74) is 1.15. The number of ether oxygens (including phenoxy) is 1. The number of nitrogens with zero attached hydrogens (tertiary/aromatic N) is 1. The molecule has 0 aliphatic heterocycles. The second kappa shape index (κ2) is 8.34. The van der Waals surface area contributed by atoms with Crippen molar-refractivity contribution in [2.45, 2.75) is 12.8 Å². The Balaban J connectivity index is 1.72. The van der Waals surface area contributed by atoms with E-state index in [0.29, 0.717) is 33.7 Å². The average molecular weight is 380 g/mol. The molecule has 1 aromatic heterocycles. The number of benzene rings is 2. The quantitative estimate of drug-likeness (QED) is 0.604. The number of nitrogens with one attached hydrogen (secondary N) is 3. The highest BCUT2D eigenvalue weighted by Crippen LogP contribution is 2.25. The van der Waals surface area contributed by atoms with Gasteiger partial charge in [-0.05, 0) is 30.3 Å². The maximum Gasteiger partial charge on any atom is 0.258 e. The minimum absolute atomic E-state index is 0.106. The van der Waals surface area contributed by atoms with E-state index in [1.54, 1.807) is 42.5 Å². The molecule has 0 saturated carbocycles. The van der Waals surface area contributed by atoms with Crippen molar-refractivity contribution in [2.75, 3.05) is 19.5 Å². The van der Waals surface area contributed by atoms with Gasteiger partial charge in [0.15, 0.2) is 0 Å². The minimum atomic E-state index is -0.289. The van der Waals surface area contributed by atoms with Gasteiger partial charge < -0.3 is 20.4 Å². The summed E-state index contributed by atoms with van der Waals surface area (Å²) in [7, 11) is 3.01. The van der Waals surface area contributed by atoms with Crippen molar-refractivity contribution in [3.63, 3.8) is 0 Å². The van der Waals surface area contributed by atoms with Crippen LogP contribution in [0.25, 0.3) is 10.9 Å². The summed E-state index contributed by atoms with van der Waals surface area (Å²) in [5, 5.41) is 5.78. The molecule has 8 nitrogen and oxygen atoms in total. The highest BCUT2D eigenvalue weighted by Gasteiger charge is 2.12. The summed E-state index contributed by atoms with van der Waals surface area (Å²) in [4.78, 5) is 43.3. The molecule has 3 aromatic rings. The van der Waals surface area contributed by atoms with Crippen molar-refractivity contribution >= 4 is 28.4 Å². The first-order chi connectivity index (χ1) is 13.5. The molecule has 3 rings (SSSR count). The molecular formula is C20H20N4O4. The van der Waals surface area contributed by atoms with Crippen LogP contribution in [0.5, 0.6) is 5.75 Å². The molecule has 0 saturated heterocycles. The summed E-state index contributed by atoms with van der Waals surface area (Å²) in [6.07, 6.45) is 0.373. The van der Waals surface area contributed by atoms with E-state index in [-0.39, 0.29) is 30.2 Å². The third kappa shape index (κ3) is 4.17.